The number of carboxylic acids is 2. The first-order valence-electron chi connectivity index (χ1n) is 8.72. The Kier molecular flexibility index (Phi) is 8.85. The van der Waals surface area contributed by atoms with Gasteiger partial charge in [0.1, 0.15) is 5.75 Å². The van der Waals surface area contributed by atoms with Crippen molar-refractivity contribution >= 4 is 11.9 Å². The summed E-state index contributed by atoms with van der Waals surface area (Å²) in [5.41, 5.74) is 1.92. The molecule has 0 radical (unpaired) electrons. The second kappa shape index (κ2) is 10.6. The van der Waals surface area contributed by atoms with Crippen molar-refractivity contribution in [2.24, 2.45) is 0 Å². The fraction of sp³-hybridized carbons (Fsp3) is 0.500. The normalized spacial score (nSPS) is 15.5. The van der Waals surface area contributed by atoms with Crippen LogP contribution in [0.25, 0.3) is 0 Å². The maximum absolute atomic E-state index is 9.55. The predicted octanol–water partition coefficient (Wildman–Crippen LogP) is 3.17. The third-order valence-corrected chi connectivity index (χ3v) is 4.67. The lowest BCUT2D eigenvalue weighted by Crippen LogP contribution is -2.28. The minimum atomic E-state index is -1.26. The van der Waals surface area contributed by atoms with Gasteiger partial charge in [-0.05, 0) is 63.0 Å². The average Bonchev–Trinajstić information content (AvgIpc) is 3.09. The zero-order valence-electron chi connectivity index (χ0n) is 15.8. The summed E-state index contributed by atoms with van der Waals surface area (Å²) in [4.78, 5) is 21.4. The van der Waals surface area contributed by atoms with Crippen LogP contribution in [0.15, 0.2) is 36.4 Å². The van der Waals surface area contributed by atoms with Gasteiger partial charge < -0.3 is 19.8 Å². The molecule has 0 heterocycles. The van der Waals surface area contributed by atoms with Gasteiger partial charge in [0.25, 0.3) is 0 Å². The molecule has 1 aliphatic rings. The molecule has 6 heteroatoms. The van der Waals surface area contributed by atoms with E-state index in [0.717, 1.165) is 5.75 Å². The molecule has 2 rings (SSSR count). The van der Waals surface area contributed by atoms with Gasteiger partial charge in [-0.15, -0.1) is 0 Å². The quantitative estimate of drug-likeness (QED) is 0.724. The topological polar surface area (TPSA) is 87.1 Å². The van der Waals surface area contributed by atoms with E-state index in [1.54, 1.807) is 7.11 Å². The van der Waals surface area contributed by atoms with Crippen LogP contribution in [0.2, 0.25) is 0 Å². The Bertz CT molecular complexity index is 585. The zero-order chi connectivity index (χ0) is 19.6. The van der Waals surface area contributed by atoms with Crippen LogP contribution < -0.4 is 4.74 Å². The van der Waals surface area contributed by atoms with E-state index < -0.39 is 11.9 Å². The van der Waals surface area contributed by atoms with Crippen LogP contribution in [0.5, 0.6) is 5.75 Å². The number of hydrogen-bond acceptors (Lipinski definition) is 4. The van der Waals surface area contributed by atoms with E-state index in [1.165, 1.54) is 44.2 Å². The molecular formula is C20H29NO5. The van der Waals surface area contributed by atoms with Crippen LogP contribution in [-0.4, -0.2) is 54.8 Å². The number of ether oxygens (including phenoxy) is 1. The molecule has 1 aromatic carbocycles. The SMILES string of the molecule is COc1ccc(C2(CCN(C)C)CCCC2)cc1.O=C(O)/C=C/C(=O)O. The number of carboxylic acid groups (broad SMARTS) is 2. The zero-order valence-corrected chi connectivity index (χ0v) is 15.8. The number of carbonyl (C=O) groups is 2. The highest BCUT2D eigenvalue weighted by Gasteiger charge is 2.35. The minimum Gasteiger partial charge on any atom is -0.497 e. The molecule has 1 fully saturated rings. The van der Waals surface area contributed by atoms with Gasteiger partial charge in [0, 0.05) is 12.2 Å². The van der Waals surface area contributed by atoms with Crippen LogP contribution in [0.1, 0.15) is 37.7 Å². The first kappa shape index (κ1) is 21.7. The van der Waals surface area contributed by atoms with Gasteiger partial charge in [-0.3, -0.25) is 0 Å². The van der Waals surface area contributed by atoms with E-state index in [0.29, 0.717) is 17.6 Å². The monoisotopic (exact) mass is 363 g/mol. The van der Waals surface area contributed by atoms with Gasteiger partial charge >= 0.3 is 11.9 Å². The smallest absolute Gasteiger partial charge is 0.328 e. The van der Waals surface area contributed by atoms with Crippen molar-refractivity contribution in [3.8, 4) is 5.75 Å². The van der Waals surface area contributed by atoms with Gasteiger partial charge in [0.2, 0.25) is 0 Å². The number of methoxy groups -OCH3 is 1. The fourth-order valence-electron chi connectivity index (χ4n) is 3.26. The van der Waals surface area contributed by atoms with E-state index in [9.17, 15) is 9.59 Å². The van der Waals surface area contributed by atoms with Crippen molar-refractivity contribution in [1.82, 2.24) is 4.90 Å². The Balaban J connectivity index is 0.000000359. The molecule has 26 heavy (non-hydrogen) atoms. The third kappa shape index (κ3) is 7.27. The first-order chi connectivity index (χ1) is 12.3. The van der Waals surface area contributed by atoms with Crippen LogP contribution in [0.4, 0.5) is 0 Å². The lowest BCUT2D eigenvalue weighted by molar-refractivity contribution is -0.134. The second-order valence-electron chi connectivity index (χ2n) is 6.78. The van der Waals surface area contributed by atoms with Gasteiger partial charge in [-0.25, -0.2) is 9.59 Å². The lowest BCUT2D eigenvalue weighted by Gasteiger charge is -2.31. The van der Waals surface area contributed by atoms with E-state index in [1.807, 2.05) is 0 Å². The van der Waals surface area contributed by atoms with Crippen LogP contribution in [-0.2, 0) is 15.0 Å². The molecule has 6 nitrogen and oxygen atoms in total. The molecule has 0 saturated heterocycles. The Morgan fingerprint density at radius 2 is 1.58 bits per heavy atom. The first-order valence-corrected chi connectivity index (χ1v) is 8.72. The summed E-state index contributed by atoms with van der Waals surface area (Å²) in [6.07, 6.45) is 7.82. The molecule has 1 aliphatic carbocycles. The maximum atomic E-state index is 9.55. The van der Waals surface area contributed by atoms with E-state index in [4.69, 9.17) is 14.9 Å². The van der Waals surface area contributed by atoms with Crippen molar-refractivity contribution in [3.05, 3.63) is 42.0 Å². The summed E-state index contributed by atoms with van der Waals surface area (Å²) in [5, 5.41) is 15.6. The summed E-state index contributed by atoms with van der Waals surface area (Å²) < 4.78 is 5.25. The van der Waals surface area contributed by atoms with Crippen LogP contribution in [0.3, 0.4) is 0 Å². The molecule has 0 aliphatic heterocycles. The molecular weight excluding hydrogens is 334 g/mol. The largest absolute Gasteiger partial charge is 0.497 e. The Morgan fingerprint density at radius 3 is 1.96 bits per heavy atom. The predicted molar refractivity (Wildman–Crippen MR) is 101 cm³/mol. The van der Waals surface area contributed by atoms with E-state index in [2.05, 4.69) is 43.3 Å². The van der Waals surface area contributed by atoms with Crippen molar-refractivity contribution in [2.75, 3.05) is 27.7 Å². The molecule has 1 aromatic rings. The standard InChI is InChI=1S/C16H25NO.C4H4O4/c1-17(2)13-12-16(10-4-5-11-16)14-6-8-15(18-3)9-7-14;5-3(6)1-2-4(7)8/h6-9H,4-5,10-13H2,1-3H3;1-2H,(H,5,6)(H,7,8)/b;2-1+. The number of rotatable bonds is 7. The van der Waals surface area contributed by atoms with Gasteiger partial charge in [0.05, 0.1) is 7.11 Å². The summed E-state index contributed by atoms with van der Waals surface area (Å²) in [7, 11) is 6.06. The number of hydrogen-bond donors (Lipinski definition) is 2. The van der Waals surface area contributed by atoms with E-state index >= 15 is 0 Å². The van der Waals surface area contributed by atoms with Gasteiger partial charge in [-0.2, -0.15) is 0 Å². The fourth-order valence-corrected chi connectivity index (χ4v) is 3.26. The van der Waals surface area contributed by atoms with Gasteiger partial charge in [0.15, 0.2) is 0 Å². The highest BCUT2D eigenvalue weighted by Crippen LogP contribution is 2.44. The van der Waals surface area contributed by atoms with Crippen molar-refractivity contribution in [3.63, 3.8) is 0 Å². The van der Waals surface area contributed by atoms with Crippen LogP contribution >= 0.6 is 0 Å². The lowest BCUT2D eigenvalue weighted by atomic mass is 9.76. The molecule has 0 aromatic heterocycles. The Morgan fingerprint density at radius 1 is 1.08 bits per heavy atom. The molecule has 0 unspecified atom stereocenters. The third-order valence-electron chi connectivity index (χ3n) is 4.67. The number of nitrogens with zero attached hydrogens (tertiary/aromatic N) is 1. The summed E-state index contributed by atoms with van der Waals surface area (Å²) in [6.45, 7) is 1.17. The molecule has 0 amide bonds. The molecule has 144 valence electrons. The van der Waals surface area contributed by atoms with Crippen LogP contribution in [0, 0.1) is 0 Å². The summed E-state index contributed by atoms with van der Waals surface area (Å²) in [6, 6.07) is 8.73. The second-order valence-corrected chi connectivity index (χ2v) is 6.78. The molecule has 2 N–H and O–H groups in total. The maximum Gasteiger partial charge on any atom is 0.328 e. The van der Waals surface area contributed by atoms with E-state index in [-0.39, 0.29) is 0 Å². The van der Waals surface area contributed by atoms with Crippen molar-refractivity contribution in [2.45, 2.75) is 37.5 Å². The van der Waals surface area contributed by atoms with Crippen molar-refractivity contribution in [1.29, 1.82) is 0 Å². The highest BCUT2D eigenvalue weighted by molar-refractivity contribution is 5.89. The summed E-state index contributed by atoms with van der Waals surface area (Å²) >= 11 is 0. The number of benzene rings is 1. The van der Waals surface area contributed by atoms with Gasteiger partial charge in [-0.1, -0.05) is 25.0 Å². The number of aliphatic carboxylic acids is 2. The highest BCUT2D eigenvalue weighted by atomic mass is 16.5. The minimum absolute atomic E-state index is 0.413. The molecule has 1 saturated carbocycles. The Hall–Kier alpha value is -2.34. The average molecular weight is 363 g/mol. The van der Waals surface area contributed by atoms with Crippen molar-refractivity contribution < 1.29 is 24.5 Å². The molecule has 0 bridgehead atoms. The summed E-state index contributed by atoms with van der Waals surface area (Å²) in [5.74, 6) is -1.56. The molecule has 0 spiro atoms. The Labute approximate surface area is 155 Å². The molecule has 0 atom stereocenters.